The first-order chi connectivity index (χ1) is 8.88. The first kappa shape index (κ1) is 14.4. The van der Waals surface area contributed by atoms with Gasteiger partial charge < -0.3 is 4.90 Å². The van der Waals surface area contributed by atoms with E-state index in [1.54, 1.807) is 11.9 Å². The fourth-order valence-corrected chi connectivity index (χ4v) is 2.56. The Morgan fingerprint density at radius 1 is 1.21 bits per heavy atom. The van der Waals surface area contributed by atoms with Crippen LogP contribution in [0.5, 0.6) is 0 Å². The molecule has 0 unspecified atom stereocenters. The van der Waals surface area contributed by atoms with E-state index >= 15 is 0 Å². The molecule has 0 saturated heterocycles. The standard InChI is InChI=1S/C12H15ClF3N3/c1-19(8-5-3-2-4-6-8)10-7-9(12(14,15)16)17-11(13)18-10/h7-8H,2-6H2,1H3. The van der Waals surface area contributed by atoms with Gasteiger partial charge in [-0.2, -0.15) is 13.2 Å². The molecule has 1 heterocycles. The normalized spacial score (nSPS) is 17.5. The first-order valence-electron chi connectivity index (χ1n) is 6.22. The van der Waals surface area contributed by atoms with E-state index in [9.17, 15) is 13.2 Å². The highest BCUT2D eigenvalue weighted by Gasteiger charge is 2.34. The molecule has 1 saturated carbocycles. The summed E-state index contributed by atoms with van der Waals surface area (Å²) in [6.45, 7) is 0. The second-order valence-corrected chi connectivity index (χ2v) is 5.12. The van der Waals surface area contributed by atoms with Gasteiger partial charge >= 0.3 is 6.18 Å². The lowest BCUT2D eigenvalue weighted by Gasteiger charge is -2.32. The average molecular weight is 294 g/mol. The third-order valence-corrected chi connectivity index (χ3v) is 3.63. The minimum atomic E-state index is -4.51. The number of anilines is 1. The molecule has 1 aromatic heterocycles. The molecule has 0 aliphatic heterocycles. The van der Waals surface area contributed by atoms with Crippen LogP contribution in [-0.2, 0) is 6.18 Å². The third-order valence-electron chi connectivity index (χ3n) is 3.46. The van der Waals surface area contributed by atoms with Crippen molar-refractivity contribution in [2.45, 2.75) is 44.3 Å². The van der Waals surface area contributed by atoms with Crippen LogP contribution in [0.2, 0.25) is 5.28 Å². The molecule has 2 rings (SSSR count). The maximum atomic E-state index is 12.7. The summed E-state index contributed by atoms with van der Waals surface area (Å²) in [6.07, 6.45) is 0.816. The zero-order valence-corrected chi connectivity index (χ0v) is 11.3. The maximum Gasteiger partial charge on any atom is 0.433 e. The van der Waals surface area contributed by atoms with Gasteiger partial charge in [0.15, 0.2) is 5.69 Å². The Labute approximate surface area is 114 Å². The van der Waals surface area contributed by atoms with Crippen molar-refractivity contribution in [2.75, 3.05) is 11.9 Å². The van der Waals surface area contributed by atoms with E-state index in [-0.39, 0.29) is 17.1 Å². The van der Waals surface area contributed by atoms with Gasteiger partial charge in [0.25, 0.3) is 0 Å². The van der Waals surface area contributed by atoms with Gasteiger partial charge in [-0.25, -0.2) is 9.97 Å². The Morgan fingerprint density at radius 3 is 2.42 bits per heavy atom. The molecule has 1 fully saturated rings. The minimum absolute atomic E-state index is 0.223. The van der Waals surface area contributed by atoms with Crippen LogP contribution in [0.3, 0.4) is 0 Å². The van der Waals surface area contributed by atoms with Crippen LogP contribution in [0.4, 0.5) is 19.0 Å². The molecule has 0 N–H and O–H groups in total. The predicted molar refractivity (Wildman–Crippen MR) is 67.3 cm³/mol. The van der Waals surface area contributed by atoms with Crippen molar-refractivity contribution < 1.29 is 13.2 Å². The third kappa shape index (κ3) is 3.49. The summed E-state index contributed by atoms with van der Waals surface area (Å²) in [5, 5.41) is -0.368. The first-order valence-corrected chi connectivity index (χ1v) is 6.60. The topological polar surface area (TPSA) is 29.0 Å². The molecule has 0 atom stereocenters. The maximum absolute atomic E-state index is 12.7. The van der Waals surface area contributed by atoms with Crippen LogP contribution in [-0.4, -0.2) is 23.1 Å². The molecule has 0 spiro atoms. The van der Waals surface area contributed by atoms with Gasteiger partial charge in [0.05, 0.1) is 0 Å². The summed E-state index contributed by atoms with van der Waals surface area (Å²) in [5.74, 6) is 0.235. The minimum Gasteiger partial charge on any atom is -0.357 e. The Balaban J connectivity index is 2.26. The van der Waals surface area contributed by atoms with Crippen molar-refractivity contribution >= 4 is 17.4 Å². The largest absolute Gasteiger partial charge is 0.433 e. The lowest BCUT2D eigenvalue weighted by atomic mass is 9.94. The molecule has 1 aliphatic rings. The van der Waals surface area contributed by atoms with Crippen molar-refractivity contribution in [3.05, 3.63) is 17.0 Å². The van der Waals surface area contributed by atoms with Crippen molar-refractivity contribution in [1.29, 1.82) is 0 Å². The molecule has 0 amide bonds. The molecule has 1 aromatic rings. The molecule has 106 valence electrons. The van der Waals surface area contributed by atoms with Crippen molar-refractivity contribution in [3.8, 4) is 0 Å². The van der Waals surface area contributed by atoms with Crippen LogP contribution in [0.1, 0.15) is 37.8 Å². The SMILES string of the molecule is CN(c1cc(C(F)(F)F)nc(Cl)n1)C1CCCCC1. The summed E-state index contributed by atoms with van der Waals surface area (Å²) in [7, 11) is 1.76. The summed E-state index contributed by atoms with van der Waals surface area (Å²) in [5.41, 5.74) is -0.995. The van der Waals surface area contributed by atoms with E-state index in [0.717, 1.165) is 31.7 Å². The zero-order valence-electron chi connectivity index (χ0n) is 10.5. The number of hydrogen-bond acceptors (Lipinski definition) is 3. The molecule has 3 nitrogen and oxygen atoms in total. The van der Waals surface area contributed by atoms with E-state index in [0.29, 0.717) is 0 Å². The number of nitrogens with zero attached hydrogens (tertiary/aromatic N) is 3. The molecule has 0 bridgehead atoms. The van der Waals surface area contributed by atoms with Crippen LogP contribution >= 0.6 is 11.6 Å². The zero-order chi connectivity index (χ0) is 14.0. The highest BCUT2D eigenvalue weighted by atomic mass is 35.5. The van der Waals surface area contributed by atoms with Gasteiger partial charge in [-0.3, -0.25) is 0 Å². The smallest absolute Gasteiger partial charge is 0.357 e. The van der Waals surface area contributed by atoms with Crippen molar-refractivity contribution in [3.63, 3.8) is 0 Å². The lowest BCUT2D eigenvalue weighted by molar-refractivity contribution is -0.141. The average Bonchev–Trinajstić information content (AvgIpc) is 2.37. The summed E-state index contributed by atoms with van der Waals surface area (Å²) in [6, 6.07) is 1.18. The van der Waals surface area contributed by atoms with Gasteiger partial charge in [-0.05, 0) is 24.4 Å². The molecular weight excluding hydrogens is 279 g/mol. The number of halogens is 4. The summed E-state index contributed by atoms with van der Waals surface area (Å²) < 4.78 is 38.1. The molecule has 7 heteroatoms. The number of alkyl halides is 3. The molecule has 19 heavy (non-hydrogen) atoms. The van der Waals surface area contributed by atoms with Crippen molar-refractivity contribution in [2.24, 2.45) is 0 Å². The second kappa shape index (κ2) is 5.53. The van der Waals surface area contributed by atoms with E-state index in [4.69, 9.17) is 11.6 Å². The lowest BCUT2D eigenvalue weighted by Crippen LogP contribution is -2.34. The fourth-order valence-electron chi connectivity index (χ4n) is 2.39. The molecule has 0 radical (unpaired) electrons. The Kier molecular flexibility index (Phi) is 4.18. The summed E-state index contributed by atoms with van der Waals surface area (Å²) >= 11 is 5.59. The number of rotatable bonds is 2. The van der Waals surface area contributed by atoms with Gasteiger partial charge in [-0.15, -0.1) is 0 Å². The van der Waals surface area contributed by atoms with Gasteiger partial charge in [0.1, 0.15) is 5.82 Å². The van der Waals surface area contributed by atoms with Gasteiger partial charge in [-0.1, -0.05) is 19.3 Å². The molecule has 1 aliphatic carbocycles. The van der Waals surface area contributed by atoms with Crippen molar-refractivity contribution in [1.82, 2.24) is 9.97 Å². The predicted octanol–water partition coefficient (Wildman–Crippen LogP) is 3.92. The Morgan fingerprint density at radius 2 is 1.84 bits per heavy atom. The molecular formula is C12H15ClF3N3. The quantitative estimate of drug-likeness (QED) is 0.774. The van der Waals surface area contributed by atoms with E-state index in [2.05, 4.69) is 9.97 Å². The van der Waals surface area contributed by atoms with Crippen LogP contribution < -0.4 is 4.90 Å². The Bertz CT molecular complexity index is 444. The monoisotopic (exact) mass is 293 g/mol. The molecule has 0 aromatic carbocycles. The number of hydrogen-bond donors (Lipinski definition) is 0. The fraction of sp³-hybridized carbons (Fsp3) is 0.667. The summed E-state index contributed by atoms with van der Waals surface area (Å²) in [4.78, 5) is 8.92. The highest BCUT2D eigenvalue weighted by molar-refractivity contribution is 6.28. The second-order valence-electron chi connectivity index (χ2n) is 4.78. The van der Waals surface area contributed by atoms with E-state index in [1.807, 2.05) is 0 Å². The van der Waals surface area contributed by atoms with E-state index < -0.39 is 11.9 Å². The van der Waals surface area contributed by atoms with E-state index in [1.165, 1.54) is 6.42 Å². The van der Waals surface area contributed by atoms with Crippen LogP contribution in [0.15, 0.2) is 6.07 Å². The van der Waals surface area contributed by atoms with Crippen LogP contribution in [0, 0.1) is 0 Å². The van der Waals surface area contributed by atoms with Crippen LogP contribution in [0.25, 0.3) is 0 Å². The Hall–Kier alpha value is -1.04. The highest BCUT2D eigenvalue weighted by Crippen LogP contribution is 2.32. The number of aromatic nitrogens is 2. The van der Waals surface area contributed by atoms with Gasteiger partial charge in [0.2, 0.25) is 5.28 Å². The van der Waals surface area contributed by atoms with Gasteiger partial charge in [0, 0.05) is 19.2 Å².